The molecule has 0 saturated heterocycles. The largest absolute Gasteiger partial charge is 0.478 e. The van der Waals surface area contributed by atoms with Crippen molar-refractivity contribution < 1.29 is 9.90 Å². The summed E-state index contributed by atoms with van der Waals surface area (Å²) in [5.41, 5.74) is 0. The van der Waals surface area contributed by atoms with Crippen LogP contribution in [0.15, 0.2) is 12.2 Å². The highest BCUT2D eigenvalue weighted by Crippen LogP contribution is 2.13. The fraction of sp³-hybridized carbons (Fsp3) is 0.842. The summed E-state index contributed by atoms with van der Waals surface area (Å²) in [6.45, 7) is 2.27. The second-order valence-corrected chi connectivity index (χ2v) is 6.13. The number of carbonyl (C=O) groups is 1. The molecule has 2 heteroatoms. The predicted octanol–water partition coefficient (Wildman–Crippen LogP) is 6.50. The summed E-state index contributed by atoms with van der Waals surface area (Å²) >= 11 is 0. The third kappa shape index (κ3) is 19.2. The number of carboxylic acid groups (broad SMARTS) is 1. The lowest BCUT2D eigenvalue weighted by molar-refractivity contribution is -0.131. The van der Waals surface area contributed by atoms with Gasteiger partial charge in [0.1, 0.15) is 0 Å². The Morgan fingerprint density at radius 2 is 1.10 bits per heavy atom. The van der Waals surface area contributed by atoms with Crippen molar-refractivity contribution in [2.24, 2.45) is 0 Å². The van der Waals surface area contributed by atoms with E-state index in [1.807, 2.05) is 0 Å². The van der Waals surface area contributed by atoms with E-state index in [1.54, 1.807) is 6.08 Å². The lowest BCUT2D eigenvalue weighted by atomic mass is 10.0. The molecule has 0 aromatic heterocycles. The van der Waals surface area contributed by atoms with Crippen LogP contribution in [0.5, 0.6) is 0 Å². The average molecular weight is 296 g/mol. The minimum atomic E-state index is -0.833. The molecular weight excluding hydrogens is 260 g/mol. The van der Waals surface area contributed by atoms with E-state index in [1.165, 1.54) is 89.5 Å². The van der Waals surface area contributed by atoms with Gasteiger partial charge in [0.15, 0.2) is 0 Å². The van der Waals surface area contributed by atoms with E-state index in [-0.39, 0.29) is 0 Å². The van der Waals surface area contributed by atoms with Gasteiger partial charge in [-0.2, -0.15) is 0 Å². The smallest absolute Gasteiger partial charge is 0.327 e. The number of unbranched alkanes of at least 4 members (excludes halogenated alkanes) is 14. The molecule has 0 atom stereocenters. The summed E-state index contributed by atoms with van der Waals surface area (Å²) in [7, 11) is 0. The molecule has 0 bridgehead atoms. The maximum atomic E-state index is 10.3. The SMILES string of the molecule is CCCCCCCCCCCCCCCC/C=C/C(=O)O. The molecule has 0 amide bonds. The number of hydrogen-bond donors (Lipinski definition) is 1. The van der Waals surface area contributed by atoms with E-state index in [4.69, 9.17) is 5.11 Å². The summed E-state index contributed by atoms with van der Waals surface area (Å²) < 4.78 is 0. The Labute approximate surface area is 132 Å². The molecule has 0 aliphatic rings. The first-order valence-electron chi connectivity index (χ1n) is 9.17. The van der Waals surface area contributed by atoms with Crippen LogP contribution >= 0.6 is 0 Å². The molecule has 21 heavy (non-hydrogen) atoms. The van der Waals surface area contributed by atoms with Crippen LogP contribution in [0.4, 0.5) is 0 Å². The predicted molar refractivity (Wildman–Crippen MR) is 91.7 cm³/mol. The number of allylic oxidation sites excluding steroid dienone is 1. The molecule has 0 aliphatic heterocycles. The van der Waals surface area contributed by atoms with Crippen molar-refractivity contribution in [1.82, 2.24) is 0 Å². The molecule has 0 spiro atoms. The highest BCUT2D eigenvalue weighted by Gasteiger charge is 1.94. The minimum Gasteiger partial charge on any atom is -0.478 e. The maximum absolute atomic E-state index is 10.3. The fourth-order valence-electron chi connectivity index (χ4n) is 2.64. The summed E-state index contributed by atoms with van der Waals surface area (Å²) in [5, 5.41) is 8.44. The molecule has 124 valence electrons. The van der Waals surface area contributed by atoms with E-state index in [0.29, 0.717) is 0 Å². The molecule has 0 aromatic rings. The Balaban J connectivity index is 3.01. The second kappa shape index (κ2) is 17.3. The molecule has 0 rings (SSSR count). The molecule has 0 radical (unpaired) electrons. The van der Waals surface area contributed by atoms with Crippen LogP contribution in [-0.2, 0) is 4.79 Å². The number of hydrogen-bond acceptors (Lipinski definition) is 1. The van der Waals surface area contributed by atoms with Gasteiger partial charge in [0.25, 0.3) is 0 Å². The highest BCUT2D eigenvalue weighted by atomic mass is 16.4. The lowest BCUT2D eigenvalue weighted by Crippen LogP contribution is -1.86. The summed E-state index contributed by atoms with van der Waals surface area (Å²) in [4.78, 5) is 10.3. The molecule has 1 N–H and O–H groups in total. The van der Waals surface area contributed by atoms with Crippen LogP contribution in [0.3, 0.4) is 0 Å². The Morgan fingerprint density at radius 3 is 1.48 bits per heavy atom. The van der Waals surface area contributed by atoms with Crippen molar-refractivity contribution in [2.45, 2.75) is 103 Å². The first-order chi connectivity index (χ1) is 10.3. The van der Waals surface area contributed by atoms with Gasteiger partial charge in [-0.15, -0.1) is 0 Å². The van der Waals surface area contributed by atoms with Gasteiger partial charge in [-0.05, 0) is 12.8 Å². The van der Waals surface area contributed by atoms with Gasteiger partial charge in [-0.1, -0.05) is 96.5 Å². The van der Waals surface area contributed by atoms with Gasteiger partial charge >= 0.3 is 5.97 Å². The van der Waals surface area contributed by atoms with Gasteiger partial charge in [-0.25, -0.2) is 4.79 Å². The van der Waals surface area contributed by atoms with E-state index in [2.05, 4.69) is 6.92 Å². The van der Waals surface area contributed by atoms with Crippen molar-refractivity contribution in [3.63, 3.8) is 0 Å². The van der Waals surface area contributed by atoms with Crippen LogP contribution in [0.2, 0.25) is 0 Å². The van der Waals surface area contributed by atoms with Crippen molar-refractivity contribution in [3.8, 4) is 0 Å². The van der Waals surface area contributed by atoms with Crippen molar-refractivity contribution in [1.29, 1.82) is 0 Å². The Bertz CT molecular complexity index is 246. The zero-order chi connectivity index (χ0) is 15.6. The lowest BCUT2D eigenvalue weighted by Gasteiger charge is -2.02. The molecule has 0 aromatic carbocycles. The molecule has 0 unspecified atom stereocenters. The van der Waals surface area contributed by atoms with Crippen molar-refractivity contribution >= 4 is 5.97 Å². The third-order valence-corrected chi connectivity index (χ3v) is 3.98. The van der Waals surface area contributed by atoms with E-state index in [0.717, 1.165) is 12.8 Å². The van der Waals surface area contributed by atoms with Crippen LogP contribution in [-0.4, -0.2) is 11.1 Å². The van der Waals surface area contributed by atoms with Crippen molar-refractivity contribution in [2.75, 3.05) is 0 Å². The second-order valence-electron chi connectivity index (χ2n) is 6.13. The highest BCUT2D eigenvalue weighted by molar-refractivity contribution is 5.79. The molecule has 0 saturated carbocycles. The normalized spacial score (nSPS) is 11.3. The zero-order valence-corrected chi connectivity index (χ0v) is 14.1. The van der Waals surface area contributed by atoms with Gasteiger partial charge in [0.05, 0.1) is 0 Å². The molecule has 0 aliphatic carbocycles. The molecular formula is C19H36O2. The standard InChI is InChI=1S/C19H36O2/c1-2-3-4-5-6-7-8-9-10-11-12-13-14-15-16-17-18-19(20)21/h17-18H,2-16H2,1H3,(H,20,21)/b18-17+. The van der Waals surface area contributed by atoms with E-state index >= 15 is 0 Å². The first-order valence-corrected chi connectivity index (χ1v) is 9.17. The quantitative estimate of drug-likeness (QED) is 0.261. The van der Waals surface area contributed by atoms with Gasteiger partial charge < -0.3 is 5.11 Å². The Kier molecular flexibility index (Phi) is 16.6. The van der Waals surface area contributed by atoms with Gasteiger partial charge in [-0.3, -0.25) is 0 Å². The average Bonchev–Trinajstić information content (AvgIpc) is 2.46. The number of rotatable bonds is 16. The number of aliphatic carboxylic acids is 1. The van der Waals surface area contributed by atoms with E-state index in [9.17, 15) is 4.79 Å². The zero-order valence-electron chi connectivity index (χ0n) is 14.1. The first kappa shape index (κ1) is 20.2. The Morgan fingerprint density at radius 1 is 0.714 bits per heavy atom. The fourth-order valence-corrected chi connectivity index (χ4v) is 2.64. The van der Waals surface area contributed by atoms with Crippen LogP contribution < -0.4 is 0 Å². The number of carboxylic acids is 1. The van der Waals surface area contributed by atoms with Crippen LogP contribution in [0.25, 0.3) is 0 Å². The Hall–Kier alpha value is -0.790. The van der Waals surface area contributed by atoms with E-state index < -0.39 is 5.97 Å². The summed E-state index contributed by atoms with van der Waals surface area (Å²) in [5.74, 6) is -0.833. The third-order valence-electron chi connectivity index (χ3n) is 3.98. The molecule has 2 nitrogen and oxygen atoms in total. The summed E-state index contributed by atoms with van der Waals surface area (Å²) in [6, 6.07) is 0. The monoisotopic (exact) mass is 296 g/mol. The van der Waals surface area contributed by atoms with Crippen molar-refractivity contribution in [3.05, 3.63) is 12.2 Å². The van der Waals surface area contributed by atoms with Crippen LogP contribution in [0, 0.1) is 0 Å². The van der Waals surface area contributed by atoms with Gasteiger partial charge in [0.2, 0.25) is 0 Å². The van der Waals surface area contributed by atoms with Gasteiger partial charge in [0, 0.05) is 6.08 Å². The minimum absolute atomic E-state index is 0.833. The topological polar surface area (TPSA) is 37.3 Å². The molecule has 0 fully saturated rings. The maximum Gasteiger partial charge on any atom is 0.327 e. The van der Waals surface area contributed by atoms with Crippen LogP contribution in [0.1, 0.15) is 103 Å². The summed E-state index contributed by atoms with van der Waals surface area (Å²) in [6.07, 6.45) is 23.0. The molecule has 0 heterocycles.